The molecule has 0 unspecified atom stereocenters. The monoisotopic (exact) mass is 259 g/mol. The maximum Gasteiger partial charge on any atom is 0.142 e. The van der Waals surface area contributed by atoms with E-state index in [1.165, 1.54) is 0 Å². The zero-order chi connectivity index (χ0) is 13.4. The first-order valence-corrected chi connectivity index (χ1v) is 6.55. The van der Waals surface area contributed by atoms with Crippen LogP contribution in [0.5, 0.6) is 0 Å². The van der Waals surface area contributed by atoms with Crippen LogP contribution < -0.4 is 5.32 Å². The van der Waals surface area contributed by atoms with Crippen LogP contribution in [0, 0.1) is 11.8 Å². The number of piperidine rings is 1. The molecule has 19 heavy (non-hydrogen) atoms. The van der Waals surface area contributed by atoms with Crippen LogP contribution in [0.3, 0.4) is 0 Å². The van der Waals surface area contributed by atoms with Gasteiger partial charge in [0.25, 0.3) is 0 Å². The van der Waals surface area contributed by atoms with E-state index in [4.69, 9.17) is 8.83 Å². The van der Waals surface area contributed by atoms with Gasteiger partial charge in [-0.2, -0.15) is 0 Å². The Kier molecular flexibility index (Phi) is 3.03. The molecule has 1 fully saturated rings. The summed E-state index contributed by atoms with van der Waals surface area (Å²) < 4.78 is 10.9. The second-order valence-electron chi connectivity index (χ2n) is 5.13. The van der Waals surface area contributed by atoms with E-state index in [-0.39, 0.29) is 29.7 Å². The molecule has 1 aliphatic heterocycles. The molecule has 1 aliphatic rings. The van der Waals surface area contributed by atoms with Gasteiger partial charge >= 0.3 is 0 Å². The molecule has 0 aliphatic carbocycles. The van der Waals surface area contributed by atoms with Crippen molar-refractivity contribution in [2.45, 2.75) is 25.9 Å². The molecule has 0 aromatic carbocycles. The predicted molar refractivity (Wildman–Crippen MR) is 69.4 cm³/mol. The highest BCUT2D eigenvalue weighted by molar-refractivity contribution is 5.85. The van der Waals surface area contributed by atoms with Gasteiger partial charge in [0.15, 0.2) is 0 Å². The van der Waals surface area contributed by atoms with Crippen molar-refractivity contribution in [2.24, 2.45) is 11.8 Å². The maximum atomic E-state index is 12.4. The molecule has 3 rings (SSSR count). The molecule has 100 valence electrons. The van der Waals surface area contributed by atoms with Crippen molar-refractivity contribution >= 4 is 5.78 Å². The zero-order valence-electron chi connectivity index (χ0n) is 11.0. The van der Waals surface area contributed by atoms with E-state index in [0.29, 0.717) is 0 Å². The number of ketones is 1. The van der Waals surface area contributed by atoms with Crippen molar-refractivity contribution in [3.8, 4) is 0 Å². The minimum Gasteiger partial charge on any atom is -0.468 e. The topological polar surface area (TPSA) is 55.4 Å². The molecular weight excluding hydrogens is 242 g/mol. The average molecular weight is 259 g/mol. The molecule has 0 radical (unpaired) electrons. The summed E-state index contributed by atoms with van der Waals surface area (Å²) in [6, 6.07) is 7.28. The Morgan fingerprint density at radius 1 is 0.947 bits per heavy atom. The molecule has 4 atom stereocenters. The minimum atomic E-state index is -0.104. The largest absolute Gasteiger partial charge is 0.468 e. The summed E-state index contributed by atoms with van der Waals surface area (Å²) in [5, 5.41) is 3.48. The summed E-state index contributed by atoms with van der Waals surface area (Å²) in [4.78, 5) is 12.4. The van der Waals surface area contributed by atoms with Crippen molar-refractivity contribution in [3.05, 3.63) is 48.3 Å². The summed E-state index contributed by atoms with van der Waals surface area (Å²) in [6.07, 6.45) is 3.27. The standard InChI is InChI=1S/C15H17NO3/c1-9-13(11-5-3-7-18-11)16-14(10(2)15(9)17)12-6-4-8-19-12/h3-10,13-14,16H,1-2H3/t9-,10-,13-,14+/m0/s1. The lowest BCUT2D eigenvalue weighted by atomic mass is 9.79. The molecule has 2 aromatic heterocycles. The van der Waals surface area contributed by atoms with Gasteiger partial charge in [0.05, 0.1) is 24.6 Å². The number of nitrogens with one attached hydrogen (secondary N) is 1. The predicted octanol–water partition coefficient (Wildman–Crippen LogP) is 3.10. The SMILES string of the molecule is C[C@@H]1C(=O)[C@@H](C)[C@H](c2ccco2)N[C@@H]1c1ccco1. The van der Waals surface area contributed by atoms with Gasteiger partial charge in [0.2, 0.25) is 0 Å². The fraction of sp³-hybridized carbons (Fsp3) is 0.400. The molecule has 3 heterocycles. The number of hydrogen-bond donors (Lipinski definition) is 1. The molecular formula is C15H17NO3. The van der Waals surface area contributed by atoms with E-state index < -0.39 is 0 Å². The number of furan rings is 2. The lowest BCUT2D eigenvalue weighted by Gasteiger charge is -2.37. The van der Waals surface area contributed by atoms with E-state index >= 15 is 0 Å². The van der Waals surface area contributed by atoms with Crippen molar-refractivity contribution in [1.82, 2.24) is 5.32 Å². The Morgan fingerprint density at radius 2 is 1.42 bits per heavy atom. The van der Waals surface area contributed by atoms with Crippen molar-refractivity contribution < 1.29 is 13.6 Å². The van der Waals surface area contributed by atoms with E-state index in [2.05, 4.69) is 5.32 Å². The smallest absolute Gasteiger partial charge is 0.142 e. The van der Waals surface area contributed by atoms with E-state index in [1.54, 1.807) is 12.5 Å². The molecule has 4 nitrogen and oxygen atoms in total. The first kappa shape index (κ1) is 12.2. The third-order valence-corrected chi connectivity index (χ3v) is 3.96. The highest BCUT2D eigenvalue weighted by Gasteiger charge is 2.42. The summed E-state index contributed by atoms with van der Waals surface area (Å²) >= 11 is 0. The van der Waals surface area contributed by atoms with Crippen molar-refractivity contribution in [1.29, 1.82) is 0 Å². The van der Waals surface area contributed by atoms with Crippen LogP contribution >= 0.6 is 0 Å². The van der Waals surface area contributed by atoms with E-state index in [9.17, 15) is 4.79 Å². The number of hydrogen-bond acceptors (Lipinski definition) is 4. The number of Topliss-reactive ketones (excluding diaryl/α,β-unsaturated/α-hetero) is 1. The Balaban J connectivity index is 1.93. The third kappa shape index (κ3) is 2.02. The highest BCUT2D eigenvalue weighted by Crippen LogP contribution is 2.38. The minimum absolute atomic E-state index is 0.103. The lowest BCUT2D eigenvalue weighted by Crippen LogP contribution is -2.46. The molecule has 4 heteroatoms. The maximum absolute atomic E-state index is 12.4. The van der Waals surface area contributed by atoms with Crippen LogP contribution in [-0.4, -0.2) is 5.78 Å². The van der Waals surface area contributed by atoms with Crippen molar-refractivity contribution in [3.63, 3.8) is 0 Å². The van der Waals surface area contributed by atoms with E-state index in [1.807, 2.05) is 38.1 Å². The molecule has 0 bridgehead atoms. The molecule has 1 N–H and O–H groups in total. The van der Waals surface area contributed by atoms with Gasteiger partial charge in [-0.05, 0) is 24.3 Å². The summed E-state index contributed by atoms with van der Waals surface area (Å²) in [6.45, 7) is 3.88. The van der Waals surface area contributed by atoms with Crippen LogP contribution in [0.1, 0.15) is 37.5 Å². The Hall–Kier alpha value is -1.81. The van der Waals surface area contributed by atoms with Gasteiger partial charge in [0, 0.05) is 11.8 Å². The van der Waals surface area contributed by atoms with Crippen LogP contribution in [-0.2, 0) is 4.79 Å². The molecule has 0 amide bonds. The first-order valence-electron chi connectivity index (χ1n) is 6.55. The zero-order valence-corrected chi connectivity index (χ0v) is 11.0. The van der Waals surface area contributed by atoms with Crippen LogP contribution in [0.2, 0.25) is 0 Å². The quantitative estimate of drug-likeness (QED) is 0.900. The van der Waals surface area contributed by atoms with Gasteiger partial charge in [0.1, 0.15) is 17.3 Å². The fourth-order valence-corrected chi connectivity index (χ4v) is 2.82. The normalized spacial score (nSPS) is 31.6. The summed E-state index contributed by atoms with van der Waals surface area (Å²) in [7, 11) is 0. The summed E-state index contributed by atoms with van der Waals surface area (Å²) in [5.41, 5.74) is 0. The molecule has 0 saturated carbocycles. The summed E-state index contributed by atoms with van der Waals surface area (Å²) in [5.74, 6) is 1.62. The van der Waals surface area contributed by atoms with Crippen LogP contribution in [0.15, 0.2) is 45.6 Å². The second-order valence-corrected chi connectivity index (χ2v) is 5.13. The van der Waals surface area contributed by atoms with Crippen LogP contribution in [0.25, 0.3) is 0 Å². The van der Waals surface area contributed by atoms with Gasteiger partial charge in [-0.1, -0.05) is 13.8 Å². The van der Waals surface area contributed by atoms with Gasteiger partial charge in [-0.3, -0.25) is 10.1 Å². The number of carbonyl (C=O) groups is 1. The lowest BCUT2D eigenvalue weighted by molar-refractivity contribution is -0.131. The Labute approximate surface area is 111 Å². The molecule has 0 spiro atoms. The number of rotatable bonds is 2. The van der Waals surface area contributed by atoms with E-state index in [0.717, 1.165) is 11.5 Å². The van der Waals surface area contributed by atoms with Crippen molar-refractivity contribution in [2.75, 3.05) is 0 Å². The Morgan fingerprint density at radius 3 is 1.79 bits per heavy atom. The second kappa shape index (κ2) is 4.70. The van der Waals surface area contributed by atoms with Gasteiger partial charge in [-0.15, -0.1) is 0 Å². The first-order chi connectivity index (χ1) is 9.18. The third-order valence-electron chi connectivity index (χ3n) is 3.96. The number of carbonyl (C=O) groups excluding carboxylic acids is 1. The molecule has 2 aromatic rings. The Bertz CT molecular complexity index is 496. The average Bonchev–Trinajstić information content (AvgIpc) is 3.08. The van der Waals surface area contributed by atoms with Gasteiger partial charge in [-0.25, -0.2) is 0 Å². The molecule has 1 saturated heterocycles. The fourth-order valence-electron chi connectivity index (χ4n) is 2.82. The highest BCUT2D eigenvalue weighted by atomic mass is 16.3. The van der Waals surface area contributed by atoms with Crippen LogP contribution in [0.4, 0.5) is 0 Å². The van der Waals surface area contributed by atoms with Gasteiger partial charge < -0.3 is 8.83 Å².